The second kappa shape index (κ2) is 50.7. The standard InChI is InChI=1S/C57H92O6/c1-4-7-10-13-16-19-22-25-26-27-28-29-30-33-35-38-41-44-47-50-56(59)62-53-54(63-57(60)51-48-45-42-39-36-32-24-21-18-15-12-9-6-3)52-61-55(58)49-46-43-40-37-34-31-23-20-17-14-11-8-5-2/h7,10,16,19,25-26,28-29,31-36,41-42,44-45,54H,4-6,8-9,11-15,17-18,20-24,27,30,37-40,43,46-53H2,1-3H3/b10-7-,19-16-,26-25-,29-28-,34-31-,35-33-,36-32-,44-41-,45-42-. The average molecular weight is 873 g/mol. The van der Waals surface area contributed by atoms with Crippen LogP contribution in [0.15, 0.2) is 109 Å². The van der Waals surface area contributed by atoms with Crippen molar-refractivity contribution in [2.45, 2.75) is 219 Å². The minimum Gasteiger partial charge on any atom is -0.462 e. The lowest BCUT2D eigenvalue weighted by Crippen LogP contribution is -2.30. The molecule has 0 fully saturated rings. The lowest BCUT2D eigenvalue weighted by Gasteiger charge is -2.18. The Morgan fingerprint density at radius 3 is 1.08 bits per heavy atom. The molecular formula is C57H92O6. The van der Waals surface area contributed by atoms with Crippen molar-refractivity contribution in [2.75, 3.05) is 13.2 Å². The molecule has 0 amide bonds. The first-order valence-electron chi connectivity index (χ1n) is 25.4. The predicted molar refractivity (Wildman–Crippen MR) is 270 cm³/mol. The molecule has 356 valence electrons. The Bertz CT molecular complexity index is 1330. The summed E-state index contributed by atoms with van der Waals surface area (Å²) < 4.78 is 16.6. The third-order valence-electron chi connectivity index (χ3n) is 10.3. The molecule has 1 unspecified atom stereocenters. The maximum Gasteiger partial charge on any atom is 0.306 e. The minimum absolute atomic E-state index is 0.134. The highest BCUT2D eigenvalue weighted by molar-refractivity contribution is 5.71. The lowest BCUT2D eigenvalue weighted by molar-refractivity contribution is -0.166. The number of hydrogen-bond donors (Lipinski definition) is 0. The van der Waals surface area contributed by atoms with E-state index in [1.54, 1.807) is 0 Å². The molecule has 0 spiro atoms. The fourth-order valence-corrected chi connectivity index (χ4v) is 6.45. The van der Waals surface area contributed by atoms with E-state index in [0.29, 0.717) is 19.3 Å². The quantitative estimate of drug-likeness (QED) is 0.0263. The summed E-state index contributed by atoms with van der Waals surface area (Å²) in [5.74, 6) is -1.11. The third kappa shape index (κ3) is 49.0. The van der Waals surface area contributed by atoms with E-state index in [1.807, 2.05) is 18.2 Å². The van der Waals surface area contributed by atoms with Gasteiger partial charge in [0.05, 0.1) is 0 Å². The number of hydrogen-bond acceptors (Lipinski definition) is 6. The molecule has 0 aliphatic heterocycles. The molecule has 0 aliphatic carbocycles. The average Bonchev–Trinajstić information content (AvgIpc) is 3.28. The van der Waals surface area contributed by atoms with Crippen molar-refractivity contribution < 1.29 is 28.6 Å². The van der Waals surface area contributed by atoms with Crippen LogP contribution in [0, 0.1) is 0 Å². The largest absolute Gasteiger partial charge is 0.462 e. The molecule has 0 saturated heterocycles. The zero-order chi connectivity index (χ0) is 45.8. The first-order chi connectivity index (χ1) is 31.0. The van der Waals surface area contributed by atoms with Gasteiger partial charge in [0.1, 0.15) is 13.2 Å². The second-order valence-electron chi connectivity index (χ2n) is 16.3. The van der Waals surface area contributed by atoms with E-state index in [2.05, 4.69) is 112 Å². The summed E-state index contributed by atoms with van der Waals surface area (Å²) in [4.78, 5) is 37.8. The molecule has 6 heteroatoms. The maximum atomic E-state index is 12.7. The molecule has 0 bridgehead atoms. The molecular weight excluding hydrogens is 781 g/mol. The molecule has 0 rings (SSSR count). The Kier molecular flexibility index (Phi) is 47.5. The summed E-state index contributed by atoms with van der Waals surface area (Å²) in [6.45, 7) is 6.36. The molecule has 63 heavy (non-hydrogen) atoms. The van der Waals surface area contributed by atoms with E-state index >= 15 is 0 Å². The molecule has 6 nitrogen and oxygen atoms in total. The summed E-state index contributed by atoms with van der Waals surface area (Å²) >= 11 is 0. The van der Waals surface area contributed by atoms with Crippen molar-refractivity contribution in [3.63, 3.8) is 0 Å². The zero-order valence-corrected chi connectivity index (χ0v) is 40.5. The Morgan fingerprint density at radius 2 is 0.651 bits per heavy atom. The van der Waals surface area contributed by atoms with Crippen LogP contribution >= 0.6 is 0 Å². The van der Waals surface area contributed by atoms with Gasteiger partial charge >= 0.3 is 17.9 Å². The van der Waals surface area contributed by atoms with Crippen molar-refractivity contribution in [3.05, 3.63) is 109 Å². The van der Waals surface area contributed by atoms with Gasteiger partial charge in [0.25, 0.3) is 0 Å². The minimum atomic E-state index is -0.845. The highest BCUT2D eigenvalue weighted by atomic mass is 16.6. The fraction of sp³-hybridized carbons (Fsp3) is 0.632. The second-order valence-corrected chi connectivity index (χ2v) is 16.3. The number of esters is 3. The van der Waals surface area contributed by atoms with Gasteiger partial charge in [0.2, 0.25) is 0 Å². The SMILES string of the molecule is CC/C=C\C/C=C\C/C=C\C/C=C\C/C=C\C/C=C\CCC(=O)OCC(COC(=O)CCCCC/C=C\CCCCCCCC)OC(=O)CC/C=C\C/C=C\CCCCCCCC. The molecule has 0 saturated carbocycles. The summed E-state index contributed by atoms with van der Waals surface area (Å²) in [6.07, 6.45) is 68.1. The van der Waals surface area contributed by atoms with Crippen molar-refractivity contribution in [3.8, 4) is 0 Å². The number of carbonyl (C=O) groups is 3. The van der Waals surface area contributed by atoms with E-state index in [1.165, 1.54) is 77.0 Å². The van der Waals surface area contributed by atoms with E-state index < -0.39 is 12.1 Å². The Labute approximate surface area is 387 Å². The van der Waals surface area contributed by atoms with E-state index in [-0.39, 0.29) is 38.0 Å². The fourth-order valence-electron chi connectivity index (χ4n) is 6.45. The van der Waals surface area contributed by atoms with Crippen LogP contribution in [0.25, 0.3) is 0 Å². The van der Waals surface area contributed by atoms with Gasteiger partial charge in [-0.05, 0) is 103 Å². The van der Waals surface area contributed by atoms with Gasteiger partial charge in [-0.25, -0.2) is 0 Å². The third-order valence-corrected chi connectivity index (χ3v) is 10.3. The zero-order valence-electron chi connectivity index (χ0n) is 40.5. The van der Waals surface area contributed by atoms with Gasteiger partial charge in [0, 0.05) is 19.3 Å². The van der Waals surface area contributed by atoms with Gasteiger partial charge in [-0.1, -0.05) is 201 Å². The van der Waals surface area contributed by atoms with Gasteiger partial charge in [-0.15, -0.1) is 0 Å². The van der Waals surface area contributed by atoms with Gasteiger partial charge in [0.15, 0.2) is 6.10 Å². The van der Waals surface area contributed by atoms with Gasteiger partial charge < -0.3 is 14.2 Å². The summed E-state index contributed by atoms with van der Waals surface area (Å²) in [5.41, 5.74) is 0. The lowest BCUT2D eigenvalue weighted by atomic mass is 10.1. The number of unbranched alkanes of at least 4 members (excludes halogenated alkanes) is 15. The van der Waals surface area contributed by atoms with Crippen LogP contribution in [0.5, 0.6) is 0 Å². The summed E-state index contributed by atoms with van der Waals surface area (Å²) in [6, 6.07) is 0. The highest BCUT2D eigenvalue weighted by Crippen LogP contribution is 2.11. The van der Waals surface area contributed by atoms with Crippen LogP contribution in [0.4, 0.5) is 0 Å². The molecule has 0 radical (unpaired) electrons. The van der Waals surface area contributed by atoms with E-state index in [9.17, 15) is 14.4 Å². The smallest absolute Gasteiger partial charge is 0.306 e. The van der Waals surface area contributed by atoms with Crippen molar-refractivity contribution in [2.24, 2.45) is 0 Å². The van der Waals surface area contributed by atoms with E-state index in [4.69, 9.17) is 14.2 Å². The van der Waals surface area contributed by atoms with E-state index in [0.717, 1.165) is 83.5 Å². The molecule has 0 aromatic rings. The van der Waals surface area contributed by atoms with Crippen molar-refractivity contribution in [1.82, 2.24) is 0 Å². The number of ether oxygens (including phenoxy) is 3. The Morgan fingerprint density at radius 1 is 0.333 bits per heavy atom. The van der Waals surface area contributed by atoms with Gasteiger partial charge in [-0.3, -0.25) is 14.4 Å². The predicted octanol–water partition coefficient (Wildman–Crippen LogP) is 16.8. The highest BCUT2D eigenvalue weighted by Gasteiger charge is 2.19. The van der Waals surface area contributed by atoms with Crippen molar-refractivity contribution in [1.29, 1.82) is 0 Å². The van der Waals surface area contributed by atoms with Crippen LogP contribution in [-0.2, 0) is 28.6 Å². The van der Waals surface area contributed by atoms with Gasteiger partial charge in [-0.2, -0.15) is 0 Å². The molecule has 0 aromatic heterocycles. The summed E-state index contributed by atoms with van der Waals surface area (Å²) in [7, 11) is 0. The first-order valence-corrected chi connectivity index (χ1v) is 25.4. The van der Waals surface area contributed by atoms with Crippen LogP contribution < -0.4 is 0 Å². The number of allylic oxidation sites excluding steroid dienone is 18. The molecule has 0 N–H and O–H groups in total. The number of carbonyl (C=O) groups excluding carboxylic acids is 3. The summed E-state index contributed by atoms with van der Waals surface area (Å²) in [5, 5.41) is 0. The normalized spacial score (nSPS) is 13.0. The van der Waals surface area contributed by atoms with Crippen LogP contribution in [0.2, 0.25) is 0 Å². The van der Waals surface area contributed by atoms with Crippen molar-refractivity contribution >= 4 is 17.9 Å². The first kappa shape index (κ1) is 59.1. The Balaban J connectivity index is 4.59. The molecule has 1 atom stereocenters. The number of rotatable bonds is 44. The molecule has 0 heterocycles. The molecule has 0 aliphatic rings. The topological polar surface area (TPSA) is 78.9 Å². The van der Waals surface area contributed by atoms with Crippen LogP contribution in [-0.4, -0.2) is 37.2 Å². The maximum absolute atomic E-state index is 12.7. The van der Waals surface area contributed by atoms with Crippen LogP contribution in [0.3, 0.4) is 0 Å². The Hall–Kier alpha value is -3.93. The van der Waals surface area contributed by atoms with Crippen LogP contribution in [0.1, 0.15) is 213 Å². The monoisotopic (exact) mass is 873 g/mol. The molecule has 0 aromatic carbocycles.